The van der Waals surface area contributed by atoms with Gasteiger partial charge in [-0.2, -0.15) is 0 Å². The molecule has 0 N–H and O–H groups in total. The van der Waals surface area contributed by atoms with E-state index in [1.54, 1.807) is 0 Å². The molecule has 2 aliphatic carbocycles. The lowest BCUT2D eigenvalue weighted by Crippen LogP contribution is -2.39. The molecular weight excluding hydrogens is 412 g/mol. The van der Waals surface area contributed by atoms with Crippen LogP contribution in [0.5, 0.6) is 0 Å². The van der Waals surface area contributed by atoms with Crippen LogP contribution < -0.4 is 0 Å². The number of fused-ring (bicyclic) bond motifs is 2. The van der Waals surface area contributed by atoms with E-state index in [1.165, 1.54) is 19.3 Å². The van der Waals surface area contributed by atoms with Crippen LogP contribution in [0.15, 0.2) is 34.7 Å². The molecule has 0 radical (unpaired) electrons. The van der Waals surface area contributed by atoms with Crippen LogP contribution in [-0.4, -0.2) is 18.7 Å². The number of Topliss-reactive ketones (excluding diaryl/α,β-unsaturated/α-hetero) is 1. The second-order valence-electron chi connectivity index (χ2n) is 11.1. The number of rotatable bonds is 8. The van der Waals surface area contributed by atoms with Gasteiger partial charge in [-0.3, -0.25) is 4.79 Å². The van der Waals surface area contributed by atoms with Gasteiger partial charge in [0.25, 0.3) is 0 Å². The van der Waals surface area contributed by atoms with Gasteiger partial charge in [-0.05, 0) is 80.8 Å². The van der Waals surface area contributed by atoms with Gasteiger partial charge in [-0.15, -0.1) is 0 Å². The van der Waals surface area contributed by atoms with Gasteiger partial charge in [-0.1, -0.05) is 44.9 Å². The minimum atomic E-state index is -0.128. The van der Waals surface area contributed by atoms with Gasteiger partial charge in [-0.25, -0.2) is 0 Å². The van der Waals surface area contributed by atoms with Gasteiger partial charge >= 0.3 is 0 Å². The van der Waals surface area contributed by atoms with Crippen molar-refractivity contribution in [3.05, 3.63) is 36.1 Å². The molecule has 0 bridgehead atoms. The highest BCUT2D eigenvalue weighted by atomic mass is 16.7. The molecule has 4 heteroatoms. The topological polar surface area (TPSA) is 48.7 Å². The van der Waals surface area contributed by atoms with Gasteiger partial charge in [0, 0.05) is 24.3 Å². The molecule has 180 valence electrons. The van der Waals surface area contributed by atoms with Crippen LogP contribution in [0.1, 0.15) is 96.3 Å². The Labute approximate surface area is 198 Å². The van der Waals surface area contributed by atoms with Crippen molar-refractivity contribution < 1.29 is 18.7 Å². The third-order valence-electron chi connectivity index (χ3n) is 8.97. The van der Waals surface area contributed by atoms with Crippen molar-refractivity contribution in [2.75, 3.05) is 6.61 Å². The fourth-order valence-electron chi connectivity index (χ4n) is 7.17. The van der Waals surface area contributed by atoms with E-state index in [0.717, 1.165) is 74.7 Å². The average Bonchev–Trinajstić information content (AvgIpc) is 3.41. The summed E-state index contributed by atoms with van der Waals surface area (Å²) < 4.78 is 18.6. The summed E-state index contributed by atoms with van der Waals surface area (Å²) in [5, 5.41) is 1.13. The summed E-state index contributed by atoms with van der Waals surface area (Å²) in [5.41, 5.74) is 1.14. The van der Waals surface area contributed by atoms with Crippen LogP contribution in [-0.2, 0) is 14.3 Å². The monoisotopic (exact) mass is 452 g/mol. The summed E-state index contributed by atoms with van der Waals surface area (Å²) >= 11 is 0. The van der Waals surface area contributed by atoms with Crippen molar-refractivity contribution in [2.24, 2.45) is 23.2 Å². The molecule has 2 heterocycles. The Bertz CT molecular complexity index is 909. The lowest BCUT2D eigenvalue weighted by molar-refractivity contribution is -0.194. The summed E-state index contributed by atoms with van der Waals surface area (Å²) in [6.07, 6.45) is 11.7. The molecule has 3 unspecified atom stereocenters. The summed E-state index contributed by atoms with van der Waals surface area (Å²) in [6.45, 7) is 5.61. The van der Waals surface area contributed by atoms with Gasteiger partial charge in [0.1, 0.15) is 23.2 Å². The molecule has 3 aliphatic rings. The number of ether oxygens (including phenoxy) is 2. The Hall–Kier alpha value is -1.65. The number of hydrogen-bond acceptors (Lipinski definition) is 4. The number of carbonyl (C=O) groups is 1. The van der Waals surface area contributed by atoms with Gasteiger partial charge < -0.3 is 13.9 Å². The highest BCUT2D eigenvalue weighted by Gasteiger charge is 2.52. The zero-order valence-corrected chi connectivity index (χ0v) is 20.4. The first-order valence-electron chi connectivity index (χ1n) is 13.3. The van der Waals surface area contributed by atoms with Crippen LogP contribution in [0.25, 0.3) is 11.0 Å². The summed E-state index contributed by atoms with van der Waals surface area (Å²) in [4.78, 5) is 12.5. The Balaban J connectivity index is 1.24. The largest absolute Gasteiger partial charge is 0.458 e. The van der Waals surface area contributed by atoms with E-state index < -0.39 is 0 Å². The molecule has 1 saturated heterocycles. The summed E-state index contributed by atoms with van der Waals surface area (Å²) in [7, 11) is 0. The normalized spacial score (nSPS) is 32.1. The van der Waals surface area contributed by atoms with Crippen LogP contribution in [0.3, 0.4) is 0 Å². The van der Waals surface area contributed by atoms with Crippen LogP contribution in [0, 0.1) is 23.2 Å². The van der Waals surface area contributed by atoms with Crippen LogP contribution in [0.4, 0.5) is 0 Å². The molecule has 1 aromatic carbocycles. The maximum absolute atomic E-state index is 12.5. The zero-order valence-electron chi connectivity index (χ0n) is 20.4. The fourth-order valence-corrected chi connectivity index (χ4v) is 7.17. The maximum Gasteiger partial charge on any atom is 0.158 e. The smallest absolute Gasteiger partial charge is 0.158 e. The molecule has 0 spiro atoms. The number of para-hydroxylation sites is 1. The number of furan rings is 1. The molecule has 1 aliphatic heterocycles. The van der Waals surface area contributed by atoms with Crippen molar-refractivity contribution in [2.45, 2.75) is 96.9 Å². The first kappa shape index (κ1) is 23.1. The molecule has 1 aromatic heterocycles. The Morgan fingerprint density at radius 2 is 2.00 bits per heavy atom. The molecule has 2 aromatic rings. The summed E-state index contributed by atoms with van der Waals surface area (Å²) in [6, 6.07) is 10.3. The van der Waals surface area contributed by atoms with E-state index in [2.05, 4.69) is 32.0 Å². The van der Waals surface area contributed by atoms with Crippen molar-refractivity contribution in [3.8, 4) is 0 Å². The highest BCUT2D eigenvalue weighted by molar-refractivity contribution is 5.83. The minimum absolute atomic E-state index is 0.0733. The maximum atomic E-state index is 12.5. The molecule has 6 atom stereocenters. The first-order chi connectivity index (χ1) is 16.0. The van der Waals surface area contributed by atoms with E-state index in [0.29, 0.717) is 23.5 Å². The Kier molecular flexibility index (Phi) is 6.94. The number of hydrogen-bond donors (Lipinski definition) is 0. The van der Waals surface area contributed by atoms with Crippen LogP contribution >= 0.6 is 0 Å². The molecule has 33 heavy (non-hydrogen) atoms. The van der Waals surface area contributed by atoms with Gasteiger partial charge in [0.15, 0.2) is 6.29 Å². The van der Waals surface area contributed by atoms with Crippen molar-refractivity contribution >= 4 is 16.8 Å². The van der Waals surface area contributed by atoms with Crippen molar-refractivity contribution in [3.63, 3.8) is 0 Å². The van der Waals surface area contributed by atoms with E-state index >= 15 is 0 Å². The van der Waals surface area contributed by atoms with E-state index in [9.17, 15) is 4.79 Å². The summed E-state index contributed by atoms with van der Waals surface area (Å²) in [5.74, 6) is 3.06. The van der Waals surface area contributed by atoms with Crippen molar-refractivity contribution in [1.82, 2.24) is 0 Å². The van der Waals surface area contributed by atoms with Gasteiger partial charge in [0.2, 0.25) is 0 Å². The third kappa shape index (κ3) is 4.79. The Morgan fingerprint density at radius 1 is 1.12 bits per heavy atom. The molecule has 4 nitrogen and oxygen atoms in total. The minimum Gasteiger partial charge on any atom is -0.458 e. The lowest BCUT2D eigenvalue weighted by Gasteiger charge is -2.42. The molecule has 5 rings (SSSR count). The van der Waals surface area contributed by atoms with Crippen molar-refractivity contribution in [1.29, 1.82) is 0 Å². The molecule has 2 saturated carbocycles. The second-order valence-corrected chi connectivity index (χ2v) is 11.1. The standard InChI is InChI=1S/C29H40O4/c1-20(22-15-16-23-24(30)11-8-17-29(22,23)2)9-7-13-26(33-28-14-5-6-18-31-28)27-19-21-10-3-4-12-25(21)32-27/h3-4,10,12,19-20,22-23,26,28H,5-9,11,13-18H2,1-2H3/t20?,22-,23+,26?,28?,29-/m1/s1. The number of benzene rings is 1. The SMILES string of the molecule is CC(CCCC(OC1CCCCO1)c1cc2ccccc2o1)[C@H]1CC[C@H]2C(=O)CCC[C@]12C. The fraction of sp³-hybridized carbons (Fsp3) is 0.690. The van der Waals surface area contributed by atoms with Crippen LogP contribution in [0.2, 0.25) is 0 Å². The average molecular weight is 453 g/mol. The quantitative estimate of drug-likeness (QED) is 0.413. The second kappa shape index (κ2) is 9.92. The lowest BCUT2D eigenvalue weighted by atomic mass is 9.62. The third-order valence-corrected chi connectivity index (χ3v) is 8.97. The molecule has 3 fully saturated rings. The van der Waals surface area contributed by atoms with E-state index in [4.69, 9.17) is 13.9 Å². The number of ketones is 1. The molecule has 0 amide bonds. The highest BCUT2D eigenvalue weighted by Crippen LogP contribution is 2.57. The Morgan fingerprint density at radius 3 is 2.82 bits per heavy atom. The predicted molar refractivity (Wildman–Crippen MR) is 130 cm³/mol. The van der Waals surface area contributed by atoms with Gasteiger partial charge in [0.05, 0.1) is 0 Å². The molecular formula is C29H40O4. The predicted octanol–water partition coefficient (Wildman–Crippen LogP) is 7.61. The number of carbonyl (C=O) groups excluding carboxylic acids is 1. The first-order valence-corrected chi connectivity index (χ1v) is 13.3. The zero-order chi connectivity index (χ0) is 22.8. The van der Waals surface area contributed by atoms with E-state index in [1.807, 2.05) is 12.1 Å². The van der Waals surface area contributed by atoms with E-state index in [-0.39, 0.29) is 17.8 Å².